The first-order chi connectivity index (χ1) is 12.0. The molecule has 6 heteroatoms. The van der Waals surface area contributed by atoms with E-state index in [0.717, 1.165) is 12.1 Å². The number of fused-ring (bicyclic) bond motifs is 1. The summed E-state index contributed by atoms with van der Waals surface area (Å²) in [5.41, 5.74) is 0.744. The summed E-state index contributed by atoms with van der Waals surface area (Å²) >= 11 is 0. The predicted molar refractivity (Wildman–Crippen MR) is 88.2 cm³/mol. The number of allylic oxidation sites excluding steroid dienone is 1. The number of ketones is 1. The molecular weight excluding hydrogens is 328 g/mol. The van der Waals surface area contributed by atoms with Crippen LogP contribution in [0.2, 0.25) is 0 Å². The van der Waals surface area contributed by atoms with Gasteiger partial charge in [-0.2, -0.15) is 0 Å². The van der Waals surface area contributed by atoms with Crippen LogP contribution in [0.1, 0.15) is 44.6 Å². The van der Waals surface area contributed by atoms with Crippen molar-refractivity contribution in [2.75, 3.05) is 6.61 Å². The van der Waals surface area contributed by atoms with Gasteiger partial charge in [-0.1, -0.05) is 6.07 Å². The molecule has 3 rings (SSSR count). The van der Waals surface area contributed by atoms with Gasteiger partial charge in [-0.05, 0) is 38.8 Å². The van der Waals surface area contributed by atoms with Crippen molar-refractivity contribution in [2.45, 2.75) is 39.0 Å². The van der Waals surface area contributed by atoms with Crippen LogP contribution in [0.25, 0.3) is 0 Å². The van der Waals surface area contributed by atoms with Gasteiger partial charge < -0.3 is 4.74 Å². The number of hydrogen-bond acceptors (Lipinski definition) is 4. The van der Waals surface area contributed by atoms with E-state index in [1.54, 1.807) is 13.8 Å². The summed E-state index contributed by atoms with van der Waals surface area (Å²) in [6.07, 6.45) is 1.55. The van der Waals surface area contributed by atoms with Crippen molar-refractivity contribution < 1.29 is 23.1 Å². The number of carbonyl (C=O) groups excluding carboxylic acids is 2. The molecule has 2 aliphatic rings. The molecule has 2 atom stereocenters. The Kier molecular flexibility index (Phi) is 4.79. The molecule has 4 nitrogen and oxygen atoms in total. The van der Waals surface area contributed by atoms with Gasteiger partial charge >= 0.3 is 5.97 Å². The number of hydrogen-bond donors (Lipinski definition) is 0. The predicted octanol–water partition coefficient (Wildman–Crippen LogP) is 3.71. The minimum absolute atomic E-state index is 0.0647. The molecule has 1 aliphatic carbocycles. The van der Waals surface area contributed by atoms with Gasteiger partial charge in [0.25, 0.3) is 0 Å². The van der Waals surface area contributed by atoms with Crippen LogP contribution in [-0.4, -0.2) is 24.1 Å². The van der Waals surface area contributed by atoms with Crippen molar-refractivity contribution in [2.24, 2.45) is 10.9 Å². The standard InChI is InChI=1S/C19H19F2NO3/c1-3-25-19(24)15-10(2)22-13-8-5-9-14(23)17(13)18(15)16-11(20)6-4-7-12(16)21/h4,6-7,17-18H,3,5,8-9H2,1-2H3/t17-,18+/m1/s1. The number of ether oxygens (including phenoxy) is 1. The van der Waals surface area contributed by atoms with Crippen LogP contribution in [-0.2, 0) is 14.3 Å². The number of benzene rings is 1. The van der Waals surface area contributed by atoms with Gasteiger partial charge in [0, 0.05) is 29.3 Å². The maximum atomic E-state index is 14.5. The van der Waals surface area contributed by atoms with Gasteiger partial charge in [0.15, 0.2) is 0 Å². The maximum absolute atomic E-state index is 14.5. The third kappa shape index (κ3) is 3.01. The minimum Gasteiger partial charge on any atom is -0.463 e. The number of aliphatic imine (C=N–C) groups is 1. The van der Waals surface area contributed by atoms with Gasteiger partial charge in [-0.15, -0.1) is 0 Å². The van der Waals surface area contributed by atoms with E-state index >= 15 is 0 Å². The summed E-state index contributed by atoms with van der Waals surface area (Å²) in [5, 5.41) is 0. The van der Waals surface area contributed by atoms with Crippen LogP contribution in [0.4, 0.5) is 8.78 Å². The van der Waals surface area contributed by atoms with Crippen LogP contribution < -0.4 is 0 Å². The molecule has 0 spiro atoms. The van der Waals surface area contributed by atoms with Crippen LogP contribution in [0.5, 0.6) is 0 Å². The first kappa shape index (κ1) is 17.5. The van der Waals surface area contributed by atoms with Crippen molar-refractivity contribution >= 4 is 17.5 Å². The summed E-state index contributed by atoms with van der Waals surface area (Å²) in [7, 11) is 0. The minimum atomic E-state index is -1.04. The summed E-state index contributed by atoms with van der Waals surface area (Å²) < 4.78 is 34.1. The van der Waals surface area contributed by atoms with Gasteiger partial charge in [0.1, 0.15) is 17.4 Å². The highest BCUT2D eigenvalue weighted by Crippen LogP contribution is 2.44. The Labute approximate surface area is 144 Å². The highest BCUT2D eigenvalue weighted by atomic mass is 19.1. The normalized spacial score (nSPS) is 23.2. The lowest BCUT2D eigenvalue weighted by Gasteiger charge is -2.35. The second-order valence-electron chi connectivity index (χ2n) is 6.23. The van der Waals surface area contributed by atoms with E-state index in [-0.39, 0.29) is 23.5 Å². The fourth-order valence-corrected chi connectivity index (χ4v) is 3.71. The Morgan fingerprint density at radius 3 is 2.56 bits per heavy atom. The average molecular weight is 347 g/mol. The molecule has 1 heterocycles. The Morgan fingerprint density at radius 1 is 1.24 bits per heavy atom. The molecule has 0 aromatic heterocycles. The molecule has 0 amide bonds. The van der Waals surface area contributed by atoms with E-state index in [4.69, 9.17) is 4.74 Å². The topological polar surface area (TPSA) is 55.7 Å². The van der Waals surface area contributed by atoms with Crippen LogP contribution in [0.15, 0.2) is 34.5 Å². The molecule has 132 valence electrons. The van der Waals surface area contributed by atoms with Crippen LogP contribution >= 0.6 is 0 Å². The van der Waals surface area contributed by atoms with Gasteiger partial charge in [-0.25, -0.2) is 13.6 Å². The Bertz CT molecular complexity index is 778. The summed E-state index contributed by atoms with van der Waals surface area (Å²) in [6, 6.07) is 3.53. The Morgan fingerprint density at radius 2 is 1.92 bits per heavy atom. The molecule has 1 aromatic rings. The third-order valence-corrected chi connectivity index (χ3v) is 4.71. The van der Waals surface area contributed by atoms with Crippen molar-refractivity contribution in [1.29, 1.82) is 0 Å². The molecule has 1 aromatic carbocycles. The summed E-state index contributed by atoms with van der Waals surface area (Å²) in [4.78, 5) is 29.5. The van der Waals surface area contributed by atoms with E-state index in [2.05, 4.69) is 4.99 Å². The highest BCUT2D eigenvalue weighted by molar-refractivity contribution is 6.11. The smallest absolute Gasteiger partial charge is 0.336 e. The first-order valence-electron chi connectivity index (χ1n) is 8.37. The molecule has 0 bridgehead atoms. The lowest BCUT2D eigenvalue weighted by atomic mass is 9.69. The zero-order valence-corrected chi connectivity index (χ0v) is 14.1. The zero-order valence-electron chi connectivity index (χ0n) is 14.1. The number of carbonyl (C=O) groups is 2. The fraction of sp³-hybridized carbons (Fsp3) is 0.421. The van der Waals surface area contributed by atoms with Gasteiger partial charge in [0.05, 0.1) is 18.1 Å². The van der Waals surface area contributed by atoms with Crippen molar-refractivity contribution in [3.8, 4) is 0 Å². The highest BCUT2D eigenvalue weighted by Gasteiger charge is 2.45. The van der Waals surface area contributed by atoms with E-state index < -0.39 is 29.4 Å². The lowest BCUT2D eigenvalue weighted by molar-refractivity contribution is -0.139. The lowest BCUT2D eigenvalue weighted by Crippen LogP contribution is -2.39. The van der Waals surface area contributed by atoms with E-state index in [0.29, 0.717) is 30.7 Å². The van der Waals surface area contributed by atoms with Gasteiger partial charge in [-0.3, -0.25) is 9.79 Å². The maximum Gasteiger partial charge on any atom is 0.336 e. The first-order valence-corrected chi connectivity index (χ1v) is 8.37. The second-order valence-corrected chi connectivity index (χ2v) is 6.23. The van der Waals surface area contributed by atoms with Crippen molar-refractivity contribution in [3.63, 3.8) is 0 Å². The average Bonchev–Trinajstić information content (AvgIpc) is 2.54. The molecule has 25 heavy (non-hydrogen) atoms. The van der Waals surface area contributed by atoms with Crippen LogP contribution in [0, 0.1) is 17.6 Å². The molecule has 0 saturated heterocycles. The van der Waals surface area contributed by atoms with Crippen molar-refractivity contribution in [3.05, 3.63) is 46.7 Å². The number of halogens is 2. The molecule has 0 N–H and O–H groups in total. The number of nitrogens with zero attached hydrogens (tertiary/aromatic N) is 1. The third-order valence-electron chi connectivity index (χ3n) is 4.71. The van der Waals surface area contributed by atoms with Crippen LogP contribution in [0.3, 0.4) is 0 Å². The largest absolute Gasteiger partial charge is 0.463 e. The molecule has 1 aliphatic heterocycles. The monoisotopic (exact) mass is 347 g/mol. The van der Waals surface area contributed by atoms with E-state index in [1.807, 2.05) is 0 Å². The molecule has 0 unspecified atom stereocenters. The molecular formula is C19H19F2NO3. The van der Waals surface area contributed by atoms with E-state index in [1.165, 1.54) is 6.07 Å². The summed E-state index contributed by atoms with van der Waals surface area (Å²) in [6.45, 7) is 3.38. The Hall–Kier alpha value is -2.37. The summed E-state index contributed by atoms with van der Waals surface area (Å²) in [5.74, 6) is -4.25. The number of esters is 1. The fourth-order valence-electron chi connectivity index (χ4n) is 3.71. The second kappa shape index (κ2) is 6.86. The Balaban J connectivity index is 2.23. The molecule has 0 radical (unpaired) electrons. The van der Waals surface area contributed by atoms with E-state index in [9.17, 15) is 18.4 Å². The molecule has 1 fully saturated rings. The zero-order chi connectivity index (χ0) is 18.1. The number of Topliss-reactive ketones (excluding diaryl/α,β-unsaturated/α-hetero) is 1. The van der Waals surface area contributed by atoms with Gasteiger partial charge in [0.2, 0.25) is 0 Å². The number of rotatable bonds is 3. The SMILES string of the molecule is CCOC(=O)C1=C(C)N=C2CCCC(=O)[C@@H]2[C@@H]1c1c(F)cccc1F. The molecule has 1 saturated carbocycles. The quantitative estimate of drug-likeness (QED) is 0.783. The van der Waals surface area contributed by atoms with Crippen molar-refractivity contribution in [1.82, 2.24) is 0 Å².